The molecule has 0 amide bonds. The summed E-state index contributed by atoms with van der Waals surface area (Å²) in [5.41, 5.74) is 1.22. The zero-order valence-corrected chi connectivity index (χ0v) is 17.3. The van der Waals surface area contributed by atoms with E-state index >= 15 is 0 Å². The second-order valence-electron chi connectivity index (χ2n) is 5.95. The quantitative estimate of drug-likeness (QED) is 0.282. The first kappa shape index (κ1) is 22.2. The Labute approximate surface area is 158 Å². The van der Waals surface area contributed by atoms with Crippen LogP contribution < -0.4 is 10.6 Å². The summed E-state index contributed by atoms with van der Waals surface area (Å²) in [4.78, 5) is 4.24. The lowest BCUT2D eigenvalue weighted by molar-refractivity contribution is 0.0646. The van der Waals surface area contributed by atoms with Gasteiger partial charge in [0, 0.05) is 26.2 Å². The molecule has 2 atom stereocenters. The summed E-state index contributed by atoms with van der Waals surface area (Å²) in [6, 6.07) is 10.7. The van der Waals surface area contributed by atoms with Crippen molar-refractivity contribution in [3.8, 4) is 0 Å². The van der Waals surface area contributed by atoms with Crippen molar-refractivity contribution in [2.24, 2.45) is 10.9 Å². The topological polar surface area (TPSA) is 45.7 Å². The summed E-state index contributed by atoms with van der Waals surface area (Å²) in [7, 11) is 1.80. The molecule has 0 heterocycles. The summed E-state index contributed by atoms with van der Waals surface area (Å²) < 4.78 is 5.86. The SMILES string of the molecule is CN=C(NCCCOC(C)c1ccccc1)NC(C)C(C)C.I. The smallest absolute Gasteiger partial charge is 0.191 e. The molecule has 1 aromatic rings. The molecule has 0 aliphatic carbocycles. The van der Waals surface area contributed by atoms with E-state index in [0.29, 0.717) is 12.0 Å². The largest absolute Gasteiger partial charge is 0.374 e. The molecular formula is C18H32IN3O. The van der Waals surface area contributed by atoms with Gasteiger partial charge in [0.1, 0.15) is 0 Å². The Hall–Kier alpha value is -0.820. The number of nitrogens with zero attached hydrogens (tertiary/aromatic N) is 1. The van der Waals surface area contributed by atoms with E-state index in [2.05, 4.69) is 55.5 Å². The normalized spacial score (nSPS) is 14.1. The Bertz CT molecular complexity index is 437. The van der Waals surface area contributed by atoms with Crippen molar-refractivity contribution >= 4 is 29.9 Å². The van der Waals surface area contributed by atoms with Crippen LogP contribution in [0.15, 0.2) is 35.3 Å². The number of nitrogens with one attached hydrogen (secondary N) is 2. The highest BCUT2D eigenvalue weighted by molar-refractivity contribution is 14.0. The summed E-state index contributed by atoms with van der Waals surface area (Å²) in [5, 5.41) is 6.72. The molecule has 0 aliphatic heterocycles. The van der Waals surface area contributed by atoms with Crippen LogP contribution in [0, 0.1) is 5.92 Å². The Kier molecular flexibility index (Phi) is 12.1. The van der Waals surface area contributed by atoms with Crippen molar-refractivity contribution in [3.05, 3.63) is 35.9 Å². The predicted octanol–water partition coefficient (Wildman–Crippen LogP) is 3.98. The maximum absolute atomic E-state index is 5.86. The van der Waals surface area contributed by atoms with Gasteiger partial charge in [-0.25, -0.2) is 0 Å². The highest BCUT2D eigenvalue weighted by atomic mass is 127. The van der Waals surface area contributed by atoms with E-state index in [4.69, 9.17) is 4.74 Å². The fourth-order valence-electron chi connectivity index (χ4n) is 1.94. The molecule has 0 radical (unpaired) electrons. The lowest BCUT2D eigenvalue weighted by Crippen LogP contribution is -2.44. The van der Waals surface area contributed by atoms with Gasteiger partial charge in [-0.05, 0) is 31.7 Å². The van der Waals surface area contributed by atoms with Gasteiger partial charge in [0.05, 0.1) is 6.10 Å². The summed E-state index contributed by atoms with van der Waals surface area (Å²) in [6.07, 6.45) is 1.09. The van der Waals surface area contributed by atoms with E-state index in [0.717, 1.165) is 25.5 Å². The molecule has 2 N–H and O–H groups in total. The lowest BCUT2D eigenvalue weighted by Gasteiger charge is -2.21. The van der Waals surface area contributed by atoms with Crippen LogP contribution in [0.2, 0.25) is 0 Å². The number of halogens is 1. The molecule has 0 saturated carbocycles. The molecule has 0 fully saturated rings. The third kappa shape index (κ3) is 9.15. The third-order valence-electron chi connectivity index (χ3n) is 3.84. The standard InChI is InChI=1S/C18H31N3O.HI/c1-14(2)15(3)21-18(19-5)20-12-9-13-22-16(4)17-10-7-6-8-11-17;/h6-8,10-11,14-16H,9,12-13H2,1-5H3,(H2,19,20,21);1H. The van der Waals surface area contributed by atoms with Crippen LogP contribution in [0.5, 0.6) is 0 Å². The molecule has 0 aromatic heterocycles. The first-order valence-corrected chi connectivity index (χ1v) is 8.18. The minimum Gasteiger partial charge on any atom is -0.374 e. The zero-order valence-electron chi connectivity index (χ0n) is 15.0. The molecular weight excluding hydrogens is 401 g/mol. The Morgan fingerprint density at radius 2 is 1.78 bits per heavy atom. The second kappa shape index (κ2) is 12.6. The minimum atomic E-state index is 0. The van der Waals surface area contributed by atoms with Crippen molar-refractivity contribution in [2.75, 3.05) is 20.2 Å². The summed E-state index contributed by atoms with van der Waals surface area (Å²) in [5.74, 6) is 1.44. The minimum absolute atomic E-state index is 0. The predicted molar refractivity (Wildman–Crippen MR) is 110 cm³/mol. The van der Waals surface area contributed by atoms with Crippen LogP contribution in [-0.2, 0) is 4.74 Å². The summed E-state index contributed by atoms with van der Waals surface area (Å²) >= 11 is 0. The Morgan fingerprint density at radius 3 is 2.35 bits per heavy atom. The summed E-state index contributed by atoms with van der Waals surface area (Å²) in [6.45, 7) is 10.2. The molecule has 1 rings (SSSR count). The first-order valence-electron chi connectivity index (χ1n) is 8.18. The van der Waals surface area contributed by atoms with Crippen LogP contribution >= 0.6 is 24.0 Å². The fourth-order valence-corrected chi connectivity index (χ4v) is 1.94. The number of hydrogen-bond donors (Lipinski definition) is 2. The van der Waals surface area contributed by atoms with Crippen molar-refractivity contribution in [3.63, 3.8) is 0 Å². The van der Waals surface area contributed by atoms with Crippen LogP contribution in [0.3, 0.4) is 0 Å². The van der Waals surface area contributed by atoms with E-state index in [-0.39, 0.29) is 30.1 Å². The number of ether oxygens (including phenoxy) is 1. The first-order chi connectivity index (χ1) is 10.5. The van der Waals surface area contributed by atoms with E-state index in [1.807, 2.05) is 18.2 Å². The van der Waals surface area contributed by atoms with Crippen molar-refractivity contribution in [1.82, 2.24) is 10.6 Å². The average molecular weight is 433 g/mol. The van der Waals surface area contributed by atoms with E-state index in [1.54, 1.807) is 7.05 Å². The number of rotatable bonds is 8. The fraction of sp³-hybridized carbons (Fsp3) is 0.611. The highest BCUT2D eigenvalue weighted by Gasteiger charge is 2.08. The van der Waals surface area contributed by atoms with E-state index in [9.17, 15) is 0 Å². The van der Waals surface area contributed by atoms with Crippen LogP contribution in [0.4, 0.5) is 0 Å². The third-order valence-corrected chi connectivity index (χ3v) is 3.84. The average Bonchev–Trinajstić information content (AvgIpc) is 2.53. The van der Waals surface area contributed by atoms with Gasteiger partial charge in [-0.3, -0.25) is 4.99 Å². The highest BCUT2D eigenvalue weighted by Crippen LogP contribution is 2.15. The molecule has 5 heteroatoms. The van der Waals surface area contributed by atoms with Gasteiger partial charge in [0.2, 0.25) is 0 Å². The molecule has 132 valence electrons. The van der Waals surface area contributed by atoms with Gasteiger partial charge < -0.3 is 15.4 Å². The van der Waals surface area contributed by atoms with Gasteiger partial charge in [-0.15, -0.1) is 24.0 Å². The van der Waals surface area contributed by atoms with Crippen molar-refractivity contribution in [2.45, 2.75) is 46.3 Å². The number of aliphatic imine (C=N–C) groups is 1. The van der Waals surface area contributed by atoms with E-state index < -0.39 is 0 Å². The van der Waals surface area contributed by atoms with Crippen molar-refractivity contribution < 1.29 is 4.74 Å². The lowest BCUT2D eigenvalue weighted by atomic mass is 10.1. The van der Waals surface area contributed by atoms with Crippen LogP contribution in [-0.4, -0.2) is 32.2 Å². The van der Waals surface area contributed by atoms with Gasteiger partial charge in [0.15, 0.2) is 5.96 Å². The van der Waals surface area contributed by atoms with E-state index in [1.165, 1.54) is 5.56 Å². The molecule has 0 aliphatic rings. The molecule has 0 saturated heterocycles. The molecule has 2 unspecified atom stereocenters. The number of benzene rings is 1. The van der Waals surface area contributed by atoms with Crippen molar-refractivity contribution in [1.29, 1.82) is 0 Å². The molecule has 0 bridgehead atoms. The van der Waals surface area contributed by atoms with Gasteiger partial charge in [-0.2, -0.15) is 0 Å². The van der Waals surface area contributed by atoms with Crippen LogP contribution in [0.25, 0.3) is 0 Å². The molecule has 0 spiro atoms. The number of guanidine groups is 1. The van der Waals surface area contributed by atoms with Gasteiger partial charge in [-0.1, -0.05) is 44.2 Å². The molecule has 23 heavy (non-hydrogen) atoms. The molecule has 1 aromatic carbocycles. The Morgan fingerprint density at radius 1 is 1.13 bits per heavy atom. The molecule has 4 nitrogen and oxygen atoms in total. The zero-order chi connectivity index (χ0) is 16.4. The number of hydrogen-bond acceptors (Lipinski definition) is 2. The second-order valence-corrected chi connectivity index (χ2v) is 5.95. The van der Waals surface area contributed by atoms with Gasteiger partial charge in [0.25, 0.3) is 0 Å². The van der Waals surface area contributed by atoms with Gasteiger partial charge >= 0.3 is 0 Å². The maximum atomic E-state index is 5.86. The maximum Gasteiger partial charge on any atom is 0.191 e. The monoisotopic (exact) mass is 433 g/mol. The Balaban J connectivity index is 0.00000484. The van der Waals surface area contributed by atoms with Crippen LogP contribution in [0.1, 0.15) is 45.8 Å².